The largest absolute Gasteiger partial charge is 0.451 e. The number of nitrogens with zero attached hydrogens (tertiary/aromatic N) is 1. The molecule has 0 saturated heterocycles. The summed E-state index contributed by atoms with van der Waals surface area (Å²) < 4.78 is 32.8. The Morgan fingerprint density at radius 3 is 2.54 bits per heavy atom. The third-order valence-corrected chi connectivity index (χ3v) is 3.28. The van der Waals surface area contributed by atoms with E-state index in [4.69, 9.17) is 9.84 Å². The van der Waals surface area contributed by atoms with Crippen LogP contribution in [0.1, 0.15) is 5.56 Å². The van der Waals surface area contributed by atoms with Crippen LogP contribution in [0.25, 0.3) is 0 Å². The zero-order valence-corrected chi connectivity index (χ0v) is 13.1. The number of nitrogens with one attached hydrogen (secondary N) is 1. The van der Waals surface area contributed by atoms with Crippen LogP contribution in [-0.2, 0) is 6.54 Å². The van der Waals surface area contributed by atoms with Crippen molar-refractivity contribution in [2.24, 2.45) is 0 Å². The second kappa shape index (κ2) is 8.26. The molecule has 0 atom stereocenters. The summed E-state index contributed by atoms with van der Waals surface area (Å²) in [5.74, 6) is -1.41. The van der Waals surface area contributed by atoms with Gasteiger partial charge in [0, 0.05) is 20.1 Å². The van der Waals surface area contributed by atoms with Gasteiger partial charge in [0.1, 0.15) is 0 Å². The number of aliphatic hydroxyl groups excluding tert-OH is 1. The molecule has 24 heavy (non-hydrogen) atoms. The maximum Gasteiger partial charge on any atom is 0.317 e. The number of halogens is 2. The molecule has 2 aromatic rings. The first-order valence-corrected chi connectivity index (χ1v) is 7.32. The molecule has 0 heterocycles. The number of carbonyl (C=O) groups is 1. The molecule has 7 heteroatoms. The van der Waals surface area contributed by atoms with Crippen molar-refractivity contribution in [2.75, 3.05) is 20.2 Å². The van der Waals surface area contributed by atoms with Crippen LogP contribution < -0.4 is 10.1 Å². The van der Waals surface area contributed by atoms with Gasteiger partial charge in [-0.1, -0.05) is 18.2 Å². The number of rotatable bonds is 6. The topological polar surface area (TPSA) is 61.8 Å². The summed E-state index contributed by atoms with van der Waals surface area (Å²) in [6, 6.07) is 9.51. The molecule has 0 aromatic heterocycles. The van der Waals surface area contributed by atoms with Crippen LogP contribution in [0.15, 0.2) is 42.5 Å². The average molecular weight is 336 g/mol. The highest BCUT2D eigenvalue weighted by atomic mass is 19.1. The first-order valence-electron chi connectivity index (χ1n) is 7.32. The standard InChI is InChI=1S/C17H18F2N2O3/c1-21(8-9-22)17(23)20-11-12-6-7-16(14(19)10-12)24-15-5-3-2-4-13(15)18/h2-7,10,22H,8-9,11H2,1H3,(H,20,23). The van der Waals surface area contributed by atoms with Crippen LogP contribution in [0, 0.1) is 11.6 Å². The number of ether oxygens (including phenoxy) is 1. The Morgan fingerprint density at radius 2 is 1.88 bits per heavy atom. The molecule has 0 aliphatic heterocycles. The molecule has 2 rings (SSSR count). The summed E-state index contributed by atoms with van der Waals surface area (Å²) in [7, 11) is 1.54. The number of amides is 2. The van der Waals surface area contributed by atoms with Crippen molar-refractivity contribution in [3.8, 4) is 11.5 Å². The minimum absolute atomic E-state index is 0.0666. The van der Waals surface area contributed by atoms with E-state index >= 15 is 0 Å². The third kappa shape index (κ3) is 4.66. The Balaban J connectivity index is 1.99. The summed E-state index contributed by atoms with van der Waals surface area (Å²) in [4.78, 5) is 13.0. The van der Waals surface area contributed by atoms with Crippen molar-refractivity contribution >= 4 is 6.03 Å². The molecular weight excluding hydrogens is 318 g/mol. The number of benzene rings is 2. The summed E-state index contributed by atoms with van der Waals surface area (Å²) in [6.45, 7) is 0.182. The SMILES string of the molecule is CN(CCO)C(=O)NCc1ccc(Oc2ccccc2F)c(F)c1. The molecule has 2 amide bonds. The van der Waals surface area contributed by atoms with Gasteiger partial charge in [0.05, 0.1) is 6.61 Å². The molecule has 0 unspecified atom stereocenters. The number of aliphatic hydroxyl groups is 1. The molecule has 0 fully saturated rings. The highest BCUT2D eigenvalue weighted by Crippen LogP contribution is 2.27. The minimum Gasteiger partial charge on any atom is -0.451 e. The maximum absolute atomic E-state index is 14.1. The highest BCUT2D eigenvalue weighted by Gasteiger charge is 2.11. The van der Waals surface area contributed by atoms with Gasteiger partial charge in [-0.2, -0.15) is 0 Å². The lowest BCUT2D eigenvalue weighted by Gasteiger charge is -2.16. The van der Waals surface area contributed by atoms with Gasteiger partial charge in [0.15, 0.2) is 23.1 Å². The molecule has 0 aliphatic carbocycles. The molecule has 0 saturated carbocycles. The van der Waals surface area contributed by atoms with Crippen molar-refractivity contribution < 1.29 is 23.4 Å². The fourth-order valence-electron chi connectivity index (χ4n) is 1.95. The summed E-state index contributed by atoms with van der Waals surface area (Å²) in [5.41, 5.74) is 0.527. The van der Waals surface area contributed by atoms with E-state index in [9.17, 15) is 13.6 Å². The van der Waals surface area contributed by atoms with Crippen LogP contribution in [0.2, 0.25) is 0 Å². The monoisotopic (exact) mass is 336 g/mol. The predicted octanol–water partition coefficient (Wildman–Crippen LogP) is 2.89. The van der Waals surface area contributed by atoms with Gasteiger partial charge < -0.3 is 20.1 Å². The maximum atomic E-state index is 14.1. The number of para-hydroxylation sites is 1. The van der Waals surface area contributed by atoms with Crippen LogP contribution in [0.3, 0.4) is 0 Å². The van der Waals surface area contributed by atoms with Crippen LogP contribution in [0.5, 0.6) is 11.5 Å². The van der Waals surface area contributed by atoms with E-state index in [0.29, 0.717) is 5.56 Å². The predicted molar refractivity (Wildman–Crippen MR) is 84.8 cm³/mol. The zero-order chi connectivity index (χ0) is 17.5. The highest BCUT2D eigenvalue weighted by molar-refractivity contribution is 5.73. The Kier molecular flexibility index (Phi) is 6.08. The zero-order valence-electron chi connectivity index (χ0n) is 13.1. The summed E-state index contributed by atoms with van der Waals surface area (Å²) >= 11 is 0. The number of carbonyl (C=O) groups excluding carboxylic acids is 1. The van der Waals surface area contributed by atoms with Crippen molar-refractivity contribution in [1.29, 1.82) is 0 Å². The lowest BCUT2D eigenvalue weighted by Crippen LogP contribution is -2.38. The molecule has 2 aromatic carbocycles. The number of urea groups is 1. The second-order valence-corrected chi connectivity index (χ2v) is 5.10. The van der Waals surface area contributed by atoms with E-state index < -0.39 is 11.6 Å². The quantitative estimate of drug-likeness (QED) is 0.853. The summed E-state index contributed by atoms with van der Waals surface area (Å²) in [5, 5.41) is 11.4. The molecule has 0 spiro atoms. The molecule has 2 N–H and O–H groups in total. The van der Waals surface area contributed by atoms with Gasteiger partial charge in [0.2, 0.25) is 0 Å². The fourth-order valence-corrected chi connectivity index (χ4v) is 1.95. The molecular formula is C17H18F2N2O3. The molecule has 0 bridgehead atoms. The average Bonchev–Trinajstić information content (AvgIpc) is 2.57. The fraction of sp³-hybridized carbons (Fsp3) is 0.235. The number of likely N-dealkylation sites (N-methyl/N-ethyl adjacent to an activating group) is 1. The van der Waals surface area contributed by atoms with E-state index in [-0.39, 0.29) is 37.2 Å². The smallest absolute Gasteiger partial charge is 0.317 e. The second-order valence-electron chi connectivity index (χ2n) is 5.10. The van der Waals surface area contributed by atoms with Gasteiger partial charge in [-0.25, -0.2) is 13.6 Å². The lowest BCUT2D eigenvalue weighted by atomic mass is 10.2. The Bertz CT molecular complexity index is 710. The van der Waals surface area contributed by atoms with Crippen LogP contribution in [0.4, 0.5) is 13.6 Å². The van der Waals surface area contributed by atoms with Crippen molar-refractivity contribution in [3.63, 3.8) is 0 Å². The van der Waals surface area contributed by atoms with E-state index in [1.807, 2.05) is 0 Å². The van der Waals surface area contributed by atoms with Gasteiger partial charge in [-0.15, -0.1) is 0 Å². The van der Waals surface area contributed by atoms with Crippen LogP contribution >= 0.6 is 0 Å². The van der Waals surface area contributed by atoms with Crippen molar-refractivity contribution in [3.05, 3.63) is 59.7 Å². The molecule has 0 aliphatic rings. The number of hydrogen-bond donors (Lipinski definition) is 2. The van der Waals surface area contributed by atoms with Gasteiger partial charge >= 0.3 is 6.03 Å². The minimum atomic E-state index is -0.659. The van der Waals surface area contributed by atoms with Gasteiger partial charge in [-0.05, 0) is 29.8 Å². The molecule has 0 radical (unpaired) electrons. The third-order valence-electron chi connectivity index (χ3n) is 3.28. The molecule has 128 valence electrons. The van der Waals surface area contributed by atoms with E-state index in [1.54, 1.807) is 12.1 Å². The Labute approximate surface area is 138 Å². The van der Waals surface area contributed by atoms with E-state index in [0.717, 1.165) is 0 Å². The van der Waals surface area contributed by atoms with E-state index in [2.05, 4.69) is 5.32 Å². The van der Waals surface area contributed by atoms with Crippen LogP contribution in [-0.4, -0.2) is 36.2 Å². The lowest BCUT2D eigenvalue weighted by molar-refractivity contribution is 0.190. The summed E-state index contributed by atoms with van der Waals surface area (Å²) in [6.07, 6.45) is 0. The first kappa shape index (κ1) is 17.7. The van der Waals surface area contributed by atoms with Crippen molar-refractivity contribution in [2.45, 2.75) is 6.54 Å². The number of hydrogen-bond acceptors (Lipinski definition) is 3. The molecule has 5 nitrogen and oxygen atoms in total. The Morgan fingerprint density at radius 1 is 1.17 bits per heavy atom. The normalized spacial score (nSPS) is 10.3. The van der Waals surface area contributed by atoms with E-state index in [1.165, 1.54) is 42.3 Å². The van der Waals surface area contributed by atoms with Crippen molar-refractivity contribution in [1.82, 2.24) is 10.2 Å². The van der Waals surface area contributed by atoms with Gasteiger partial charge in [0.25, 0.3) is 0 Å². The van der Waals surface area contributed by atoms with Gasteiger partial charge in [-0.3, -0.25) is 0 Å². The Hall–Kier alpha value is -2.67. The first-order chi connectivity index (χ1) is 11.5.